The van der Waals surface area contributed by atoms with Gasteiger partial charge in [0.2, 0.25) is 0 Å². The highest BCUT2D eigenvalue weighted by Gasteiger charge is 2.15. The van der Waals surface area contributed by atoms with Gasteiger partial charge in [-0.1, -0.05) is 38.1 Å². The van der Waals surface area contributed by atoms with Crippen LogP contribution < -0.4 is 0 Å². The molecule has 0 amide bonds. The molecule has 3 heteroatoms. The Hall–Kier alpha value is -1.64. The van der Waals surface area contributed by atoms with Crippen molar-refractivity contribution in [1.29, 1.82) is 0 Å². The van der Waals surface area contributed by atoms with Crippen LogP contribution in [0.15, 0.2) is 29.3 Å². The van der Waals surface area contributed by atoms with E-state index >= 15 is 0 Å². The fraction of sp³-hybridized carbons (Fsp3) is 0.500. The minimum atomic E-state index is -0.456. The number of nitrogens with zero attached hydrogens (tertiary/aromatic N) is 1. The van der Waals surface area contributed by atoms with Gasteiger partial charge in [-0.3, -0.25) is 9.79 Å². The van der Waals surface area contributed by atoms with Crippen molar-refractivity contribution in [3.63, 3.8) is 0 Å². The number of carbonyl (C=O) groups excluding carboxylic acids is 1. The predicted octanol–water partition coefficient (Wildman–Crippen LogP) is 3.57. The van der Waals surface area contributed by atoms with Crippen LogP contribution in [0, 0.1) is 0 Å². The van der Waals surface area contributed by atoms with Crippen LogP contribution in [0.2, 0.25) is 0 Å². The van der Waals surface area contributed by atoms with Gasteiger partial charge in [0.05, 0.1) is 0 Å². The SMILES string of the molecule is CC(C)c1ccccc1C=NCC(=O)OC(C)(C)C. The predicted molar refractivity (Wildman–Crippen MR) is 78.8 cm³/mol. The fourth-order valence-corrected chi connectivity index (χ4v) is 1.75. The van der Waals surface area contributed by atoms with Crippen molar-refractivity contribution in [3.8, 4) is 0 Å². The molecule has 0 radical (unpaired) electrons. The molecule has 0 N–H and O–H groups in total. The molecule has 0 fully saturated rings. The zero-order valence-electron chi connectivity index (χ0n) is 12.4. The summed E-state index contributed by atoms with van der Waals surface area (Å²) in [5.74, 6) is 0.134. The molecule has 1 aromatic carbocycles. The van der Waals surface area contributed by atoms with Crippen molar-refractivity contribution in [2.24, 2.45) is 4.99 Å². The molecule has 0 atom stereocenters. The topological polar surface area (TPSA) is 38.7 Å². The lowest BCUT2D eigenvalue weighted by atomic mass is 9.98. The molecule has 1 rings (SSSR count). The number of hydrogen-bond donors (Lipinski definition) is 0. The van der Waals surface area contributed by atoms with E-state index in [0.29, 0.717) is 5.92 Å². The van der Waals surface area contributed by atoms with E-state index in [0.717, 1.165) is 5.56 Å². The van der Waals surface area contributed by atoms with Crippen LogP contribution in [-0.4, -0.2) is 24.3 Å². The normalized spacial score (nSPS) is 12.1. The highest BCUT2D eigenvalue weighted by atomic mass is 16.6. The van der Waals surface area contributed by atoms with Gasteiger partial charge in [0.15, 0.2) is 0 Å². The van der Waals surface area contributed by atoms with E-state index in [9.17, 15) is 4.79 Å². The summed E-state index contributed by atoms with van der Waals surface area (Å²) in [7, 11) is 0. The second kappa shape index (κ2) is 6.50. The maximum atomic E-state index is 11.5. The highest BCUT2D eigenvalue weighted by molar-refractivity contribution is 5.84. The maximum Gasteiger partial charge on any atom is 0.328 e. The van der Waals surface area contributed by atoms with Gasteiger partial charge in [0.25, 0.3) is 0 Å². The number of esters is 1. The van der Waals surface area contributed by atoms with Gasteiger partial charge in [0, 0.05) is 6.21 Å². The third-order valence-electron chi connectivity index (χ3n) is 2.49. The van der Waals surface area contributed by atoms with Gasteiger partial charge in [-0.25, -0.2) is 0 Å². The molecule has 3 nitrogen and oxygen atoms in total. The molecule has 0 aliphatic rings. The van der Waals surface area contributed by atoms with Crippen LogP contribution in [0.3, 0.4) is 0 Å². The summed E-state index contributed by atoms with van der Waals surface area (Å²) in [6, 6.07) is 8.08. The number of carbonyl (C=O) groups is 1. The van der Waals surface area contributed by atoms with E-state index < -0.39 is 5.60 Å². The summed E-state index contributed by atoms with van der Waals surface area (Å²) in [6.45, 7) is 9.89. The summed E-state index contributed by atoms with van der Waals surface area (Å²) < 4.78 is 5.20. The first kappa shape index (κ1) is 15.4. The first-order valence-corrected chi connectivity index (χ1v) is 6.60. The van der Waals surface area contributed by atoms with E-state index in [1.807, 2.05) is 39.0 Å². The van der Waals surface area contributed by atoms with Crippen molar-refractivity contribution >= 4 is 12.2 Å². The Morgan fingerprint density at radius 2 is 1.95 bits per heavy atom. The van der Waals surface area contributed by atoms with Crippen LogP contribution in [0.1, 0.15) is 51.7 Å². The molecular formula is C16H23NO2. The standard InChI is InChI=1S/C16H23NO2/c1-12(2)14-9-7-6-8-13(14)10-17-11-15(18)19-16(3,4)5/h6-10,12H,11H2,1-5H3. The average Bonchev–Trinajstić information content (AvgIpc) is 2.27. The van der Waals surface area contributed by atoms with Crippen molar-refractivity contribution < 1.29 is 9.53 Å². The van der Waals surface area contributed by atoms with Crippen LogP contribution >= 0.6 is 0 Å². The molecule has 0 saturated carbocycles. The lowest BCUT2D eigenvalue weighted by molar-refractivity contribution is -0.152. The van der Waals surface area contributed by atoms with Gasteiger partial charge in [-0.05, 0) is 37.8 Å². The molecule has 1 aromatic rings. The molecule has 0 spiro atoms. The fourth-order valence-electron chi connectivity index (χ4n) is 1.75. The van der Waals surface area contributed by atoms with Gasteiger partial charge < -0.3 is 4.74 Å². The molecule has 0 aromatic heterocycles. The van der Waals surface area contributed by atoms with E-state index in [1.54, 1.807) is 6.21 Å². The Kier molecular flexibility index (Phi) is 5.28. The van der Waals surface area contributed by atoms with Crippen molar-refractivity contribution in [2.45, 2.75) is 46.1 Å². The Morgan fingerprint density at radius 1 is 1.32 bits per heavy atom. The Morgan fingerprint density at radius 3 is 2.53 bits per heavy atom. The molecular weight excluding hydrogens is 238 g/mol. The largest absolute Gasteiger partial charge is 0.459 e. The molecule has 0 saturated heterocycles. The van der Waals surface area contributed by atoms with Crippen LogP contribution in [0.25, 0.3) is 0 Å². The monoisotopic (exact) mass is 261 g/mol. The second-order valence-electron chi connectivity index (χ2n) is 5.84. The number of rotatable bonds is 4. The van der Waals surface area contributed by atoms with Crippen LogP contribution in [-0.2, 0) is 9.53 Å². The average molecular weight is 261 g/mol. The Labute approximate surface area is 115 Å². The Bertz CT molecular complexity index is 456. The summed E-state index contributed by atoms with van der Waals surface area (Å²) in [5, 5.41) is 0. The van der Waals surface area contributed by atoms with Gasteiger partial charge in [0.1, 0.15) is 12.1 Å². The molecule has 19 heavy (non-hydrogen) atoms. The summed E-state index contributed by atoms with van der Waals surface area (Å²) in [5.41, 5.74) is 1.83. The van der Waals surface area contributed by atoms with E-state index in [-0.39, 0.29) is 12.5 Å². The molecule has 0 unspecified atom stereocenters. The number of hydrogen-bond acceptors (Lipinski definition) is 3. The smallest absolute Gasteiger partial charge is 0.328 e. The van der Waals surface area contributed by atoms with Gasteiger partial charge in [-0.15, -0.1) is 0 Å². The lowest BCUT2D eigenvalue weighted by Gasteiger charge is -2.18. The minimum Gasteiger partial charge on any atom is -0.459 e. The van der Waals surface area contributed by atoms with E-state index in [2.05, 4.69) is 24.9 Å². The molecule has 0 aliphatic heterocycles. The van der Waals surface area contributed by atoms with E-state index in [1.165, 1.54) is 5.56 Å². The van der Waals surface area contributed by atoms with Crippen LogP contribution in [0.5, 0.6) is 0 Å². The zero-order chi connectivity index (χ0) is 14.5. The lowest BCUT2D eigenvalue weighted by Crippen LogP contribution is -2.25. The molecule has 104 valence electrons. The van der Waals surface area contributed by atoms with Crippen LogP contribution in [0.4, 0.5) is 0 Å². The number of aliphatic imine (C=N–C) groups is 1. The summed E-state index contributed by atoms with van der Waals surface area (Å²) in [4.78, 5) is 15.7. The molecule has 0 aliphatic carbocycles. The Balaban J connectivity index is 2.65. The quantitative estimate of drug-likeness (QED) is 0.614. The van der Waals surface area contributed by atoms with Crippen molar-refractivity contribution in [1.82, 2.24) is 0 Å². The highest BCUT2D eigenvalue weighted by Crippen LogP contribution is 2.17. The summed E-state index contributed by atoms with van der Waals surface area (Å²) in [6.07, 6.45) is 1.75. The van der Waals surface area contributed by atoms with Gasteiger partial charge in [-0.2, -0.15) is 0 Å². The first-order chi connectivity index (χ1) is 8.79. The minimum absolute atomic E-state index is 0.0592. The third kappa shape index (κ3) is 5.69. The third-order valence-corrected chi connectivity index (χ3v) is 2.49. The zero-order valence-corrected chi connectivity index (χ0v) is 12.4. The van der Waals surface area contributed by atoms with E-state index in [4.69, 9.17) is 4.74 Å². The van der Waals surface area contributed by atoms with Crippen molar-refractivity contribution in [3.05, 3.63) is 35.4 Å². The second-order valence-corrected chi connectivity index (χ2v) is 5.84. The number of ether oxygens (including phenoxy) is 1. The molecule has 0 heterocycles. The number of benzene rings is 1. The summed E-state index contributed by atoms with van der Waals surface area (Å²) >= 11 is 0. The maximum absolute atomic E-state index is 11.5. The first-order valence-electron chi connectivity index (χ1n) is 6.60. The van der Waals surface area contributed by atoms with Crippen molar-refractivity contribution in [2.75, 3.05) is 6.54 Å². The van der Waals surface area contributed by atoms with Gasteiger partial charge >= 0.3 is 5.97 Å². The molecule has 0 bridgehead atoms.